The fourth-order valence-electron chi connectivity index (χ4n) is 1.15. The van der Waals surface area contributed by atoms with Crippen LogP contribution in [0.15, 0.2) is 16.2 Å². The summed E-state index contributed by atoms with van der Waals surface area (Å²) >= 11 is 1.39. The molecule has 0 amide bonds. The molecule has 0 aliphatic rings. The molecular formula is C8H9N3O2S. The van der Waals surface area contributed by atoms with Gasteiger partial charge in [-0.1, -0.05) is 0 Å². The summed E-state index contributed by atoms with van der Waals surface area (Å²) < 4.78 is 0.658. The van der Waals surface area contributed by atoms with Crippen molar-refractivity contribution in [2.45, 2.75) is 6.54 Å². The molecule has 6 heteroatoms. The minimum absolute atomic E-state index is 0.0992. The molecule has 0 radical (unpaired) electrons. The lowest BCUT2D eigenvalue weighted by molar-refractivity contribution is 0.0849. The van der Waals surface area contributed by atoms with Crippen LogP contribution >= 0.6 is 11.3 Å². The first-order valence-corrected chi connectivity index (χ1v) is 4.91. The number of fused-ring (bicyclic) bond motifs is 1. The lowest BCUT2D eigenvalue weighted by atomic mass is 10.4. The molecule has 0 saturated heterocycles. The fraction of sp³-hybridized carbons (Fsp3) is 0.250. The number of thiophene rings is 1. The van der Waals surface area contributed by atoms with Gasteiger partial charge in [0.05, 0.1) is 19.2 Å². The highest BCUT2D eigenvalue weighted by Gasteiger charge is 2.03. The molecule has 0 aliphatic carbocycles. The van der Waals surface area contributed by atoms with Gasteiger partial charge >= 0.3 is 0 Å². The number of hydrogen-bond donors (Lipinski definition) is 2. The normalized spacial score (nSPS) is 10.9. The lowest BCUT2D eigenvalue weighted by Crippen LogP contribution is -2.17. The maximum Gasteiger partial charge on any atom is 0.268 e. The number of nitrogens with zero attached hydrogens (tertiary/aromatic N) is 1. The number of nitrogens with one attached hydrogen (secondary N) is 2. The van der Waals surface area contributed by atoms with Gasteiger partial charge in [-0.05, 0) is 11.4 Å². The maximum atomic E-state index is 11.5. The first-order chi connectivity index (χ1) is 6.81. The summed E-state index contributed by atoms with van der Waals surface area (Å²) in [6.45, 7) is 0.386. The Labute approximate surface area is 83.7 Å². The van der Waals surface area contributed by atoms with E-state index < -0.39 is 0 Å². The van der Waals surface area contributed by atoms with Crippen LogP contribution in [-0.2, 0) is 11.4 Å². The van der Waals surface area contributed by atoms with Crippen LogP contribution in [0.2, 0.25) is 0 Å². The van der Waals surface area contributed by atoms with E-state index in [0.29, 0.717) is 17.1 Å². The zero-order chi connectivity index (χ0) is 9.97. The molecule has 0 unspecified atom stereocenters. The number of rotatable bonds is 3. The molecule has 2 aromatic heterocycles. The molecule has 0 bridgehead atoms. The van der Waals surface area contributed by atoms with E-state index in [2.05, 4.69) is 20.3 Å². The molecule has 74 valence electrons. The van der Waals surface area contributed by atoms with E-state index in [1.165, 1.54) is 18.4 Å². The molecule has 0 saturated carbocycles. The zero-order valence-corrected chi connectivity index (χ0v) is 8.35. The van der Waals surface area contributed by atoms with Crippen molar-refractivity contribution in [3.8, 4) is 0 Å². The van der Waals surface area contributed by atoms with Crippen LogP contribution in [0.1, 0.15) is 5.82 Å². The highest BCUT2D eigenvalue weighted by Crippen LogP contribution is 2.13. The summed E-state index contributed by atoms with van der Waals surface area (Å²) in [6, 6.07) is 1.82. The summed E-state index contributed by atoms with van der Waals surface area (Å²) in [4.78, 5) is 23.1. The van der Waals surface area contributed by atoms with Crippen LogP contribution in [0.4, 0.5) is 0 Å². The fourth-order valence-corrected chi connectivity index (χ4v) is 1.87. The summed E-state index contributed by atoms with van der Waals surface area (Å²) in [6.07, 6.45) is 0. The van der Waals surface area contributed by atoms with Crippen LogP contribution in [0.3, 0.4) is 0 Å². The van der Waals surface area contributed by atoms with Gasteiger partial charge in [-0.15, -0.1) is 11.3 Å². The van der Waals surface area contributed by atoms with Crippen molar-refractivity contribution in [3.05, 3.63) is 27.6 Å². The number of aromatic amines is 1. The average molecular weight is 211 g/mol. The Morgan fingerprint density at radius 2 is 2.57 bits per heavy atom. The monoisotopic (exact) mass is 211 g/mol. The number of hydroxylamine groups is 1. The number of H-pyrrole nitrogens is 1. The van der Waals surface area contributed by atoms with Crippen molar-refractivity contribution in [1.82, 2.24) is 15.4 Å². The van der Waals surface area contributed by atoms with Gasteiger partial charge in [-0.2, -0.15) is 5.48 Å². The van der Waals surface area contributed by atoms with Crippen LogP contribution < -0.4 is 11.0 Å². The van der Waals surface area contributed by atoms with E-state index in [0.717, 1.165) is 5.52 Å². The van der Waals surface area contributed by atoms with Crippen molar-refractivity contribution in [2.24, 2.45) is 0 Å². The third kappa shape index (κ3) is 1.67. The smallest absolute Gasteiger partial charge is 0.268 e. The molecule has 0 spiro atoms. The lowest BCUT2D eigenvalue weighted by Gasteiger charge is -2.00. The average Bonchev–Trinajstić information content (AvgIpc) is 2.63. The molecular weight excluding hydrogens is 202 g/mol. The topological polar surface area (TPSA) is 67.0 Å². The number of hydrogen-bond acceptors (Lipinski definition) is 5. The minimum Gasteiger partial charge on any atom is -0.308 e. The molecule has 5 nitrogen and oxygen atoms in total. The summed E-state index contributed by atoms with van der Waals surface area (Å²) in [7, 11) is 1.52. The third-order valence-corrected chi connectivity index (χ3v) is 2.65. The zero-order valence-electron chi connectivity index (χ0n) is 7.53. The van der Waals surface area contributed by atoms with Gasteiger partial charge < -0.3 is 9.82 Å². The quantitative estimate of drug-likeness (QED) is 0.731. The SMILES string of the molecule is CONCc1nc2ccsc2c(=O)[nH]1. The standard InChI is InChI=1S/C8H9N3O2S/c1-13-9-4-6-10-5-2-3-14-7(5)8(12)11-6/h2-3,9H,4H2,1H3,(H,10,11,12). The van der Waals surface area contributed by atoms with Gasteiger partial charge in [0.1, 0.15) is 10.5 Å². The van der Waals surface area contributed by atoms with Gasteiger partial charge in [0.25, 0.3) is 5.56 Å². The van der Waals surface area contributed by atoms with Gasteiger partial charge in [-0.3, -0.25) is 4.79 Å². The van der Waals surface area contributed by atoms with Crippen molar-refractivity contribution >= 4 is 21.6 Å². The molecule has 14 heavy (non-hydrogen) atoms. The van der Waals surface area contributed by atoms with E-state index >= 15 is 0 Å². The van der Waals surface area contributed by atoms with Crippen LogP contribution in [0.5, 0.6) is 0 Å². The first-order valence-electron chi connectivity index (χ1n) is 4.03. The van der Waals surface area contributed by atoms with Crippen molar-refractivity contribution in [3.63, 3.8) is 0 Å². The highest BCUT2D eigenvalue weighted by molar-refractivity contribution is 7.17. The molecule has 0 atom stereocenters. The Morgan fingerprint density at radius 1 is 1.71 bits per heavy atom. The Kier molecular flexibility index (Phi) is 2.58. The van der Waals surface area contributed by atoms with E-state index in [-0.39, 0.29) is 5.56 Å². The molecule has 2 aromatic rings. The van der Waals surface area contributed by atoms with Gasteiger partial charge in [0.15, 0.2) is 0 Å². The van der Waals surface area contributed by atoms with Crippen molar-refractivity contribution in [2.75, 3.05) is 7.11 Å². The summed E-state index contributed by atoms with van der Waals surface area (Å²) in [5.41, 5.74) is 3.25. The second-order valence-electron chi connectivity index (χ2n) is 2.67. The summed E-state index contributed by atoms with van der Waals surface area (Å²) in [5.74, 6) is 0.572. The first kappa shape index (κ1) is 9.32. The second-order valence-corrected chi connectivity index (χ2v) is 3.59. The minimum atomic E-state index is -0.0992. The van der Waals surface area contributed by atoms with Gasteiger partial charge in [0.2, 0.25) is 0 Å². The molecule has 0 fully saturated rings. The van der Waals surface area contributed by atoms with E-state index in [1.54, 1.807) is 0 Å². The van der Waals surface area contributed by atoms with E-state index in [1.807, 2.05) is 11.4 Å². The molecule has 0 aliphatic heterocycles. The van der Waals surface area contributed by atoms with Crippen LogP contribution in [-0.4, -0.2) is 17.1 Å². The van der Waals surface area contributed by atoms with Gasteiger partial charge in [-0.25, -0.2) is 4.98 Å². The Bertz CT molecular complexity index is 491. The van der Waals surface area contributed by atoms with Crippen LogP contribution in [0, 0.1) is 0 Å². The molecule has 2 heterocycles. The molecule has 0 aromatic carbocycles. The Morgan fingerprint density at radius 3 is 3.36 bits per heavy atom. The molecule has 2 rings (SSSR count). The van der Waals surface area contributed by atoms with E-state index in [9.17, 15) is 4.79 Å². The maximum absolute atomic E-state index is 11.5. The second kappa shape index (κ2) is 3.87. The Hall–Kier alpha value is -1.24. The predicted molar refractivity (Wildman–Crippen MR) is 54.1 cm³/mol. The summed E-state index contributed by atoms with van der Waals surface area (Å²) in [5, 5.41) is 1.85. The van der Waals surface area contributed by atoms with Gasteiger partial charge in [0, 0.05) is 0 Å². The largest absolute Gasteiger partial charge is 0.308 e. The van der Waals surface area contributed by atoms with E-state index in [4.69, 9.17) is 0 Å². The predicted octanol–water partition coefficient (Wildman–Crippen LogP) is 0.636. The van der Waals surface area contributed by atoms with Crippen molar-refractivity contribution in [1.29, 1.82) is 0 Å². The Balaban J connectivity index is 2.43. The molecule has 2 N–H and O–H groups in total. The van der Waals surface area contributed by atoms with Crippen molar-refractivity contribution < 1.29 is 4.84 Å². The number of aromatic nitrogens is 2. The van der Waals surface area contributed by atoms with Crippen LogP contribution in [0.25, 0.3) is 10.2 Å². The third-order valence-electron chi connectivity index (χ3n) is 1.75. The highest BCUT2D eigenvalue weighted by atomic mass is 32.1.